The zero-order valence-electron chi connectivity index (χ0n) is 10.5. The third-order valence-electron chi connectivity index (χ3n) is 2.46. The molecule has 0 atom stereocenters. The molecule has 0 aliphatic rings. The van der Waals surface area contributed by atoms with Gasteiger partial charge in [0.25, 0.3) is 0 Å². The van der Waals surface area contributed by atoms with Crippen LogP contribution in [-0.4, -0.2) is 23.3 Å². The van der Waals surface area contributed by atoms with Crippen molar-refractivity contribution < 1.29 is 4.74 Å². The minimum absolute atomic E-state index is 0.609. The van der Waals surface area contributed by atoms with Crippen LogP contribution in [0.25, 0.3) is 0 Å². The summed E-state index contributed by atoms with van der Waals surface area (Å²) in [7, 11) is 1.65. The normalized spacial score (nSPS) is 10.8. The Hall–Kier alpha value is -2.23. The second kappa shape index (κ2) is 5.91. The summed E-state index contributed by atoms with van der Waals surface area (Å²) >= 11 is 0. The van der Waals surface area contributed by atoms with Gasteiger partial charge in [-0.1, -0.05) is 6.07 Å². The highest BCUT2D eigenvalue weighted by molar-refractivity contribution is 5.68. The lowest BCUT2D eigenvalue weighted by Crippen LogP contribution is -1.93. The maximum Gasteiger partial charge on any atom is 0.144 e. The molecule has 0 aliphatic heterocycles. The molecule has 92 valence electrons. The van der Waals surface area contributed by atoms with Crippen molar-refractivity contribution in [3.63, 3.8) is 0 Å². The molecule has 1 aromatic carbocycles. The number of nitrogens with zero attached hydrogens (tertiary/aromatic N) is 3. The number of aryl methyl sites for hydroxylation is 1. The highest BCUT2D eigenvalue weighted by atomic mass is 16.5. The van der Waals surface area contributed by atoms with Crippen LogP contribution in [-0.2, 0) is 6.42 Å². The monoisotopic (exact) mass is 241 g/mol. The standard InChI is InChI=1S/C14H15N3O/c1-11-4-5-12(13(10-11)18-2)15-9-6-14-16-7-3-8-17-14/h3-5,7-10H,6H2,1-2H3. The van der Waals surface area contributed by atoms with E-state index in [1.165, 1.54) is 0 Å². The maximum atomic E-state index is 5.28. The van der Waals surface area contributed by atoms with Crippen molar-refractivity contribution in [1.82, 2.24) is 9.97 Å². The minimum atomic E-state index is 0.609. The summed E-state index contributed by atoms with van der Waals surface area (Å²) in [6.07, 6.45) is 5.85. The van der Waals surface area contributed by atoms with E-state index in [0.29, 0.717) is 6.42 Å². The molecule has 0 bridgehead atoms. The summed E-state index contributed by atoms with van der Waals surface area (Å²) in [5.74, 6) is 1.53. The Kier molecular flexibility index (Phi) is 4.02. The van der Waals surface area contributed by atoms with E-state index >= 15 is 0 Å². The first-order valence-corrected chi connectivity index (χ1v) is 5.72. The fourth-order valence-corrected chi connectivity index (χ4v) is 1.55. The van der Waals surface area contributed by atoms with Crippen LogP contribution in [0.4, 0.5) is 5.69 Å². The van der Waals surface area contributed by atoms with Crippen molar-refractivity contribution in [2.24, 2.45) is 4.99 Å². The lowest BCUT2D eigenvalue weighted by Gasteiger charge is -2.04. The fourth-order valence-electron chi connectivity index (χ4n) is 1.55. The Bertz CT molecular complexity index is 538. The van der Waals surface area contributed by atoms with E-state index in [1.807, 2.05) is 25.1 Å². The maximum absolute atomic E-state index is 5.28. The highest BCUT2D eigenvalue weighted by Gasteiger charge is 2.00. The molecule has 1 aromatic heterocycles. The van der Waals surface area contributed by atoms with Crippen LogP contribution in [0, 0.1) is 6.92 Å². The minimum Gasteiger partial charge on any atom is -0.494 e. The molecule has 0 amide bonds. The molecule has 0 saturated carbocycles. The number of ether oxygens (including phenoxy) is 1. The Morgan fingerprint density at radius 1 is 1.28 bits per heavy atom. The number of aromatic nitrogens is 2. The second-order valence-electron chi connectivity index (χ2n) is 3.86. The lowest BCUT2D eigenvalue weighted by atomic mass is 10.2. The van der Waals surface area contributed by atoms with Gasteiger partial charge in [0.1, 0.15) is 17.3 Å². The van der Waals surface area contributed by atoms with E-state index in [2.05, 4.69) is 15.0 Å². The molecule has 1 heterocycles. The molecular formula is C14H15N3O. The van der Waals surface area contributed by atoms with E-state index in [0.717, 1.165) is 22.8 Å². The van der Waals surface area contributed by atoms with Crippen LogP contribution in [0.5, 0.6) is 5.75 Å². The third kappa shape index (κ3) is 3.13. The zero-order valence-corrected chi connectivity index (χ0v) is 10.5. The van der Waals surface area contributed by atoms with Gasteiger partial charge in [-0.15, -0.1) is 0 Å². The van der Waals surface area contributed by atoms with E-state index < -0.39 is 0 Å². The van der Waals surface area contributed by atoms with Crippen molar-refractivity contribution in [3.05, 3.63) is 48.0 Å². The van der Waals surface area contributed by atoms with Crippen LogP contribution in [0.1, 0.15) is 11.4 Å². The molecule has 2 rings (SSSR count). The lowest BCUT2D eigenvalue weighted by molar-refractivity contribution is 0.416. The van der Waals surface area contributed by atoms with Gasteiger partial charge in [-0.25, -0.2) is 9.97 Å². The second-order valence-corrected chi connectivity index (χ2v) is 3.86. The van der Waals surface area contributed by atoms with Crippen molar-refractivity contribution >= 4 is 11.9 Å². The molecule has 0 spiro atoms. The third-order valence-corrected chi connectivity index (χ3v) is 2.46. The van der Waals surface area contributed by atoms with E-state index in [4.69, 9.17) is 4.74 Å². The molecule has 0 saturated heterocycles. The van der Waals surface area contributed by atoms with E-state index in [9.17, 15) is 0 Å². The van der Waals surface area contributed by atoms with Gasteiger partial charge in [0.05, 0.1) is 7.11 Å². The zero-order chi connectivity index (χ0) is 12.8. The van der Waals surface area contributed by atoms with Gasteiger partial charge in [0.15, 0.2) is 0 Å². The van der Waals surface area contributed by atoms with Crippen molar-refractivity contribution in [3.8, 4) is 5.75 Å². The predicted octanol–water partition coefficient (Wildman–Crippen LogP) is 2.74. The molecule has 0 unspecified atom stereocenters. The van der Waals surface area contributed by atoms with E-state index in [-0.39, 0.29) is 0 Å². The predicted molar refractivity (Wildman–Crippen MR) is 71.6 cm³/mol. The number of benzene rings is 1. The SMILES string of the molecule is COc1cc(C)ccc1N=CCc1ncccn1. The van der Waals surface area contributed by atoms with Gasteiger partial charge in [-0.2, -0.15) is 0 Å². The fraction of sp³-hybridized carbons (Fsp3) is 0.214. The summed E-state index contributed by atoms with van der Waals surface area (Å²) in [6.45, 7) is 2.02. The molecule has 18 heavy (non-hydrogen) atoms. The average molecular weight is 241 g/mol. The highest BCUT2D eigenvalue weighted by Crippen LogP contribution is 2.27. The Morgan fingerprint density at radius 3 is 2.78 bits per heavy atom. The van der Waals surface area contributed by atoms with Crippen molar-refractivity contribution in [2.45, 2.75) is 13.3 Å². The molecule has 0 fully saturated rings. The first-order valence-electron chi connectivity index (χ1n) is 5.72. The number of aliphatic imine (C=N–C) groups is 1. The van der Waals surface area contributed by atoms with Gasteiger partial charge in [0, 0.05) is 25.0 Å². The summed E-state index contributed by atoms with van der Waals surface area (Å²) in [5.41, 5.74) is 1.97. The summed E-state index contributed by atoms with van der Waals surface area (Å²) in [4.78, 5) is 12.6. The average Bonchev–Trinajstić information content (AvgIpc) is 2.41. The van der Waals surface area contributed by atoms with Crippen LogP contribution in [0.2, 0.25) is 0 Å². The summed E-state index contributed by atoms with van der Waals surface area (Å²) in [6, 6.07) is 7.71. The number of hydrogen-bond donors (Lipinski definition) is 0. The Labute approximate surface area is 106 Å². The topological polar surface area (TPSA) is 47.4 Å². The van der Waals surface area contributed by atoms with Gasteiger partial charge in [-0.3, -0.25) is 4.99 Å². The molecule has 2 aromatic rings. The first-order chi connectivity index (χ1) is 8.79. The molecule has 0 N–H and O–H groups in total. The first kappa shape index (κ1) is 12.2. The number of hydrogen-bond acceptors (Lipinski definition) is 4. The van der Waals surface area contributed by atoms with Crippen LogP contribution >= 0.6 is 0 Å². The quantitative estimate of drug-likeness (QED) is 0.773. The number of methoxy groups -OCH3 is 1. The Balaban J connectivity index is 2.09. The van der Waals surface area contributed by atoms with Gasteiger partial charge in [-0.05, 0) is 30.7 Å². The summed E-state index contributed by atoms with van der Waals surface area (Å²) < 4.78 is 5.28. The van der Waals surface area contributed by atoms with Gasteiger partial charge < -0.3 is 4.74 Å². The van der Waals surface area contributed by atoms with Crippen LogP contribution in [0.15, 0.2) is 41.7 Å². The molecule has 4 heteroatoms. The Morgan fingerprint density at radius 2 is 2.06 bits per heavy atom. The van der Waals surface area contributed by atoms with Gasteiger partial charge >= 0.3 is 0 Å². The molecule has 0 radical (unpaired) electrons. The largest absolute Gasteiger partial charge is 0.494 e. The molecule has 0 aliphatic carbocycles. The smallest absolute Gasteiger partial charge is 0.144 e. The van der Waals surface area contributed by atoms with E-state index in [1.54, 1.807) is 31.8 Å². The van der Waals surface area contributed by atoms with Gasteiger partial charge in [0.2, 0.25) is 0 Å². The van der Waals surface area contributed by atoms with Crippen molar-refractivity contribution in [2.75, 3.05) is 7.11 Å². The number of rotatable bonds is 4. The van der Waals surface area contributed by atoms with Crippen LogP contribution < -0.4 is 4.74 Å². The summed E-state index contributed by atoms with van der Waals surface area (Å²) in [5, 5.41) is 0. The molecule has 4 nitrogen and oxygen atoms in total. The molecular weight excluding hydrogens is 226 g/mol. The van der Waals surface area contributed by atoms with Crippen LogP contribution in [0.3, 0.4) is 0 Å². The van der Waals surface area contributed by atoms with Crippen molar-refractivity contribution in [1.29, 1.82) is 0 Å².